The summed E-state index contributed by atoms with van der Waals surface area (Å²) < 4.78 is 22.8. The minimum atomic E-state index is -3.01. The van der Waals surface area contributed by atoms with Crippen LogP contribution in [0.1, 0.15) is 24.0 Å². The summed E-state index contributed by atoms with van der Waals surface area (Å²) in [6.45, 7) is 2.45. The summed E-state index contributed by atoms with van der Waals surface area (Å²) in [5.41, 5.74) is 2.17. The fourth-order valence-electron chi connectivity index (χ4n) is 3.11. The molecular formula is C17H22N2O4S. The van der Waals surface area contributed by atoms with Gasteiger partial charge in [-0.05, 0) is 30.9 Å². The highest BCUT2D eigenvalue weighted by atomic mass is 32.2. The molecule has 3 atom stereocenters. The molecule has 6 nitrogen and oxygen atoms in total. The van der Waals surface area contributed by atoms with E-state index in [0.29, 0.717) is 19.4 Å². The zero-order valence-electron chi connectivity index (χ0n) is 13.6. The Hall–Kier alpha value is -1.89. The molecule has 1 heterocycles. The molecule has 1 aliphatic carbocycles. The lowest BCUT2D eigenvalue weighted by molar-refractivity contribution is -0.127. The molecule has 0 radical (unpaired) electrons. The summed E-state index contributed by atoms with van der Waals surface area (Å²) in [7, 11) is -3.01. The van der Waals surface area contributed by atoms with Crippen molar-refractivity contribution in [3.63, 3.8) is 0 Å². The first-order valence-electron chi connectivity index (χ1n) is 8.19. The molecule has 2 aliphatic rings. The van der Waals surface area contributed by atoms with E-state index in [9.17, 15) is 18.0 Å². The lowest BCUT2D eigenvalue weighted by Crippen LogP contribution is -2.37. The molecule has 3 rings (SSSR count). The van der Waals surface area contributed by atoms with E-state index in [4.69, 9.17) is 0 Å². The van der Waals surface area contributed by atoms with E-state index in [0.717, 1.165) is 11.1 Å². The summed E-state index contributed by atoms with van der Waals surface area (Å²) in [4.78, 5) is 24.3. The molecule has 1 saturated carbocycles. The Labute approximate surface area is 141 Å². The molecular weight excluding hydrogens is 328 g/mol. The monoisotopic (exact) mass is 350 g/mol. The molecule has 0 aromatic heterocycles. The molecule has 1 aromatic carbocycles. The van der Waals surface area contributed by atoms with Gasteiger partial charge < -0.3 is 10.6 Å². The minimum absolute atomic E-state index is 0.00953. The van der Waals surface area contributed by atoms with Gasteiger partial charge in [-0.3, -0.25) is 9.59 Å². The SMILES string of the molecule is Cc1ccccc1CNC(=O)C1CC1C(=O)NC1CCS(=O)(=O)C1. The van der Waals surface area contributed by atoms with Gasteiger partial charge in [0, 0.05) is 12.6 Å². The largest absolute Gasteiger partial charge is 0.352 e. The summed E-state index contributed by atoms with van der Waals surface area (Å²) in [6, 6.07) is 7.53. The Balaban J connectivity index is 1.45. The van der Waals surface area contributed by atoms with Crippen molar-refractivity contribution in [2.75, 3.05) is 11.5 Å². The number of carbonyl (C=O) groups excluding carboxylic acids is 2. The maximum absolute atomic E-state index is 12.2. The molecule has 0 bridgehead atoms. The van der Waals surface area contributed by atoms with Crippen LogP contribution in [0.25, 0.3) is 0 Å². The summed E-state index contributed by atoms with van der Waals surface area (Å²) in [5.74, 6) is -0.804. The van der Waals surface area contributed by atoms with Gasteiger partial charge in [0.2, 0.25) is 11.8 Å². The van der Waals surface area contributed by atoms with Gasteiger partial charge in [-0.1, -0.05) is 24.3 Å². The Morgan fingerprint density at radius 3 is 2.54 bits per heavy atom. The van der Waals surface area contributed by atoms with Gasteiger partial charge in [0.25, 0.3) is 0 Å². The van der Waals surface area contributed by atoms with Crippen LogP contribution in [0.3, 0.4) is 0 Å². The fourth-order valence-corrected chi connectivity index (χ4v) is 4.79. The second-order valence-corrected chi connectivity index (χ2v) is 8.93. The average molecular weight is 350 g/mol. The third-order valence-corrected chi connectivity index (χ3v) is 6.53. The van der Waals surface area contributed by atoms with Gasteiger partial charge >= 0.3 is 0 Å². The Kier molecular flexibility index (Phi) is 4.62. The van der Waals surface area contributed by atoms with Crippen molar-refractivity contribution in [2.45, 2.75) is 32.4 Å². The number of amides is 2. The maximum atomic E-state index is 12.2. The molecule has 2 N–H and O–H groups in total. The fraction of sp³-hybridized carbons (Fsp3) is 0.529. The summed E-state index contributed by atoms with van der Waals surface area (Å²) in [6.07, 6.45) is 0.996. The highest BCUT2D eigenvalue weighted by Crippen LogP contribution is 2.39. The van der Waals surface area contributed by atoms with E-state index in [2.05, 4.69) is 10.6 Å². The highest BCUT2D eigenvalue weighted by Gasteiger charge is 2.48. The number of benzene rings is 1. The number of sulfone groups is 1. The van der Waals surface area contributed by atoms with Crippen molar-refractivity contribution in [3.8, 4) is 0 Å². The Bertz CT molecular complexity index is 760. The van der Waals surface area contributed by atoms with Crippen LogP contribution in [-0.2, 0) is 26.0 Å². The first kappa shape index (κ1) is 17.0. The number of nitrogens with one attached hydrogen (secondary N) is 2. The molecule has 0 spiro atoms. The molecule has 130 valence electrons. The van der Waals surface area contributed by atoms with Crippen LogP contribution in [0.15, 0.2) is 24.3 Å². The van der Waals surface area contributed by atoms with E-state index in [1.165, 1.54) is 0 Å². The first-order valence-corrected chi connectivity index (χ1v) is 10.0. The lowest BCUT2D eigenvalue weighted by atomic mass is 10.1. The third kappa shape index (κ3) is 3.95. The second-order valence-electron chi connectivity index (χ2n) is 6.70. The van der Waals surface area contributed by atoms with Crippen LogP contribution in [0, 0.1) is 18.8 Å². The molecule has 7 heteroatoms. The number of aryl methyl sites for hydroxylation is 1. The normalized spacial score (nSPS) is 27.5. The van der Waals surface area contributed by atoms with Crippen LogP contribution in [0.2, 0.25) is 0 Å². The molecule has 2 amide bonds. The topological polar surface area (TPSA) is 92.3 Å². The van der Waals surface area contributed by atoms with Crippen molar-refractivity contribution in [1.29, 1.82) is 0 Å². The highest BCUT2D eigenvalue weighted by molar-refractivity contribution is 7.91. The van der Waals surface area contributed by atoms with Crippen molar-refractivity contribution in [2.24, 2.45) is 11.8 Å². The quantitative estimate of drug-likeness (QED) is 0.811. The van der Waals surface area contributed by atoms with Crippen LogP contribution >= 0.6 is 0 Å². The molecule has 1 aliphatic heterocycles. The van der Waals surface area contributed by atoms with Crippen molar-refractivity contribution < 1.29 is 18.0 Å². The van der Waals surface area contributed by atoms with Crippen molar-refractivity contribution in [3.05, 3.63) is 35.4 Å². The van der Waals surface area contributed by atoms with E-state index < -0.39 is 9.84 Å². The van der Waals surface area contributed by atoms with E-state index >= 15 is 0 Å². The number of carbonyl (C=O) groups is 2. The van der Waals surface area contributed by atoms with Crippen LogP contribution in [0.4, 0.5) is 0 Å². The van der Waals surface area contributed by atoms with Crippen molar-refractivity contribution in [1.82, 2.24) is 10.6 Å². The van der Waals surface area contributed by atoms with E-state index in [1.54, 1.807) is 0 Å². The van der Waals surface area contributed by atoms with Gasteiger partial charge in [-0.15, -0.1) is 0 Å². The van der Waals surface area contributed by atoms with Crippen LogP contribution in [0.5, 0.6) is 0 Å². The Morgan fingerprint density at radius 1 is 1.17 bits per heavy atom. The zero-order valence-corrected chi connectivity index (χ0v) is 14.4. The van der Waals surface area contributed by atoms with Crippen LogP contribution < -0.4 is 10.6 Å². The summed E-state index contributed by atoms with van der Waals surface area (Å²) in [5, 5.41) is 5.64. The first-order chi connectivity index (χ1) is 11.4. The van der Waals surface area contributed by atoms with Gasteiger partial charge in [-0.25, -0.2) is 8.42 Å². The molecule has 3 unspecified atom stereocenters. The summed E-state index contributed by atoms with van der Waals surface area (Å²) >= 11 is 0. The van der Waals surface area contributed by atoms with E-state index in [1.807, 2.05) is 31.2 Å². The molecule has 24 heavy (non-hydrogen) atoms. The standard InChI is InChI=1S/C17H22N2O4S/c1-11-4-2-3-5-12(11)9-18-16(20)14-8-15(14)17(21)19-13-6-7-24(22,23)10-13/h2-5,13-15H,6-10H2,1H3,(H,18,20)(H,19,21). The zero-order chi connectivity index (χ0) is 17.3. The average Bonchev–Trinajstić information content (AvgIpc) is 3.26. The third-order valence-electron chi connectivity index (χ3n) is 4.76. The number of hydrogen-bond donors (Lipinski definition) is 2. The van der Waals surface area contributed by atoms with Gasteiger partial charge in [0.05, 0.1) is 23.3 Å². The van der Waals surface area contributed by atoms with Crippen molar-refractivity contribution >= 4 is 21.7 Å². The Morgan fingerprint density at radius 2 is 1.88 bits per heavy atom. The predicted molar refractivity (Wildman–Crippen MR) is 89.8 cm³/mol. The molecule has 2 fully saturated rings. The van der Waals surface area contributed by atoms with Gasteiger partial charge in [0.15, 0.2) is 9.84 Å². The maximum Gasteiger partial charge on any atom is 0.224 e. The molecule has 1 aromatic rings. The second kappa shape index (κ2) is 6.55. The van der Waals surface area contributed by atoms with Gasteiger partial charge in [-0.2, -0.15) is 0 Å². The van der Waals surface area contributed by atoms with Crippen LogP contribution in [-0.4, -0.2) is 37.8 Å². The predicted octanol–water partition coefficient (Wildman–Crippen LogP) is 0.551. The lowest BCUT2D eigenvalue weighted by Gasteiger charge is -2.11. The smallest absolute Gasteiger partial charge is 0.224 e. The minimum Gasteiger partial charge on any atom is -0.352 e. The van der Waals surface area contributed by atoms with Gasteiger partial charge in [0.1, 0.15) is 0 Å². The molecule has 1 saturated heterocycles. The number of hydrogen-bond acceptors (Lipinski definition) is 4. The number of rotatable bonds is 5. The van der Waals surface area contributed by atoms with E-state index in [-0.39, 0.29) is 41.2 Å².